The molecule has 1 heterocycles. The molecule has 5 heteroatoms. The molecule has 20 heavy (non-hydrogen) atoms. The van der Waals surface area contributed by atoms with Crippen molar-refractivity contribution in [3.63, 3.8) is 0 Å². The van der Waals surface area contributed by atoms with Crippen LogP contribution in [-0.4, -0.2) is 11.1 Å². The summed E-state index contributed by atoms with van der Waals surface area (Å²) in [7, 11) is 0. The van der Waals surface area contributed by atoms with Crippen LogP contribution in [0.25, 0.3) is 0 Å². The summed E-state index contributed by atoms with van der Waals surface area (Å²) in [5, 5.41) is 9.02. The average Bonchev–Trinajstić information content (AvgIpc) is 2.84. The predicted molar refractivity (Wildman–Crippen MR) is 75.5 cm³/mol. The fraction of sp³-hybridized carbons (Fsp3) is 0.667. The number of aliphatic carboxylic acids is 1. The zero-order valence-corrected chi connectivity index (χ0v) is 12.7. The Hall–Kier alpha value is -0.970. The highest BCUT2D eigenvalue weighted by Gasteiger charge is 2.47. The van der Waals surface area contributed by atoms with Gasteiger partial charge in [0.2, 0.25) is 0 Å². The minimum absolute atomic E-state index is 0.103. The third-order valence-electron chi connectivity index (χ3n) is 4.16. The van der Waals surface area contributed by atoms with Crippen molar-refractivity contribution in [1.82, 2.24) is 0 Å². The summed E-state index contributed by atoms with van der Waals surface area (Å²) >= 11 is 1.12. The molecular weight excluding hydrogens is 282 g/mol. The van der Waals surface area contributed by atoms with Gasteiger partial charge in [-0.1, -0.05) is 12.8 Å². The monoisotopic (exact) mass is 302 g/mol. The molecule has 1 aromatic heterocycles. The van der Waals surface area contributed by atoms with E-state index in [1.807, 2.05) is 6.92 Å². The van der Waals surface area contributed by atoms with Crippen molar-refractivity contribution in [1.29, 1.82) is 0 Å². The lowest BCUT2D eigenvalue weighted by Gasteiger charge is -2.31. The average molecular weight is 302 g/mol. The lowest BCUT2D eigenvalue weighted by Crippen LogP contribution is -2.29. The molecule has 0 aromatic carbocycles. The van der Waals surface area contributed by atoms with Crippen LogP contribution >= 0.6 is 11.3 Å². The summed E-state index contributed by atoms with van der Waals surface area (Å²) < 4.78 is 29.2. The molecule has 1 aromatic rings. The highest BCUT2D eigenvalue weighted by atomic mass is 32.1. The van der Waals surface area contributed by atoms with E-state index in [1.54, 1.807) is 13.0 Å². The highest BCUT2D eigenvalue weighted by molar-refractivity contribution is 7.12. The fourth-order valence-electron chi connectivity index (χ4n) is 3.42. The summed E-state index contributed by atoms with van der Waals surface area (Å²) in [4.78, 5) is 12.0. The van der Waals surface area contributed by atoms with Crippen LogP contribution in [0.1, 0.15) is 53.8 Å². The summed E-state index contributed by atoms with van der Waals surface area (Å²) in [6, 6.07) is 1.77. The summed E-state index contributed by atoms with van der Waals surface area (Å²) in [5.74, 6) is -3.90. The number of alkyl halides is 2. The maximum absolute atomic E-state index is 14.6. The smallest absolute Gasteiger partial charge is 0.303 e. The van der Waals surface area contributed by atoms with E-state index < -0.39 is 17.3 Å². The Morgan fingerprint density at radius 1 is 1.40 bits per heavy atom. The summed E-state index contributed by atoms with van der Waals surface area (Å²) in [6.07, 6.45) is 2.41. The maximum Gasteiger partial charge on any atom is 0.303 e. The molecule has 0 saturated heterocycles. The van der Waals surface area contributed by atoms with Crippen LogP contribution in [0.4, 0.5) is 8.78 Å². The Labute approximate surface area is 121 Å². The van der Waals surface area contributed by atoms with Crippen molar-refractivity contribution in [2.45, 2.75) is 58.3 Å². The van der Waals surface area contributed by atoms with E-state index >= 15 is 0 Å². The van der Waals surface area contributed by atoms with Crippen LogP contribution in [0, 0.1) is 19.3 Å². The quantitative estimate of drug-likeness (QED) is 0.841. The van der Waals surface area contributed by atoms with Gasteiger partial charge < -0.3 is 5.11 Å². The van der Waals surface area contributed by atoms with Crippen LogP contribution < -0.4 is 0 Å². The minimum atomic E-state index is -2.93. The first-order valence-corrected chi connectivity index (χ1v) is 7.73. The van der Waals surface area contributed by atoms with Crippen LogP contribution in [0.3, 0.4) is 0 Å². The van der Waals surface area contributed by atoms with Crippen LogP contribution in [0.5, 0.6) is 0 Å². The van der Waals surface area contributed by atoms with Crippen molar-refractivity contribution in [2.75, 3.05) is 0 Å². The Morgan fingerprint density at radius 2 is 2.00 bits per heavy atom. The molecule has 1 aliphatic rings. The van der Waals surface area contributed by atoms with Gasteiger partial charge in [-0.25, -0.2) is 8.78 Å². The van der Waals surface area contributed by atoms with Gasteiger partial charge in [0.25, 0.3) is 5.92 Å². The van der Waals surface area contributed by atoms with Crippen LogP contribution in [0.15, 0.2) is 6.07 Å². The van der Waals surface area contributed by atoms with Crippen molar-refractivity contribution in [2.24, 2.45) is 5.41 Å². The van der Waals surface area contributed by atoms with Gasteiger partial charge >= 0.3 is 5.97 Å². The van der Waals surface area contributed by atoms with E-state index in [1.165, 1.54) is 0 Å². The summed E-state index contributed by atoms with van der Waals surface area (Å²) in [6.45, 7) is 3.52. The number of rotatable bonds is 5. The number of halogens is 2. The molecule has 1 fully saturated rings. The number of thiophene rings is 1. The molecule has 0 aliphatic heterocycles. The molecule has 1 aliphatic carbocycles. The van der Waals surface area contributed by atoms with E-state index in [0.717, 1.165) is 29.1 Å². The second kappa shape index (κ2) is 5.43. The van der Waals surface area contributed by atoms with Crippen molar-refractivity contribution >= 4 is 17.3 Å². The van der Waals surface area contributed by atoms with Crippen molar-refractivity contribution in [3.05, 3.63) is 21.4 Å². The van der Waals surface area contributed by atoms with Gasteiger partial charge in [0.1, 0.15) is 0 Å². The molecule has 0 amide bonds. The molecule has 2 rings (SSSR count). The topological polar surface area (TPSA) is 37.3 Å². The minimum Gasteiger partial charge on any atom is -0.481 e. The molecule has 1 N–H and O–H groups in total. The Balaban J connectivity index is 2.25. The van der Waals surface area contributed by atoms with E-state index in [2.05, 4.69) is 0 Å². The number of hydrogen-bond donors (Lipinski definition) is 1. The number of carboxylic acid groups (broad SMARTS) is 1. The van der Waals surface area contributed by atoms with E-state index in [9.17, 15) is 13.6 Å². The van der Waals surface area contributed by atoms with E-state index in [4.69, 9.17) is 5.11 Å². The first kappa shape index (κ1) is 15.4. The van der Waals surface area contributed by atoms with E-state index in [-0.39, 0.29) is 17.7 Å². The first-order chi connectivity index (χ1) is 9.24. The number of carboxylic acids is 1. The highest BCUT2D eigenvalue weighted by Crippen LogP contribution is 2.52. The molecule has 0 atom stereocenters. The lowest BCUT2D eigenvalue weighted by atomic mass is 9.77. The maximum atomic E-state index is 14.6. The van der Waals surface area contributed by atoms with Gasteiger partial charge in [-0.15, -0.1) is 11.3 Å². The molecule has 0 unspecified atom stereocenters. The third kappa shape index (κ3) is 3.19. The molecular formula is C15H20F2O2S. The van der Waals surface area contributed by atoms with Gasteiger partial charge in [-0.2, -0.15) is 0 Å². The molecule has 1 saturated carbocycles. The Kier molecular flexibility index (Phi) is 4.19. The summed E-state index contributed by atoms with van der Waals surface area (Å²) in [5.41, 5.74) is -0.124. The largest absolute Gasteiger partial charge is 0.481 e. The first-order valence-electron chi connectivity index (χ1n) is 6.91. The van der Waals surface area contributed by atoms with Crippen LogP contribution in [0.2, 0.25) is 0 Å². The van der Waals surface area contributed by atoms with Gasteiger partial charge in [-0.3, -0.25) is 4.79 Å². The van der Waals surface area contributed by atoms with Gasteiger partial charge in [0.05, 0.1) is 11.3 Å². The molecule has 0 bridgehead atoms. The lowest BCUT2D eigenvalue weighted by molar-refractivity contribution is -0.141. The standard InChI is InChI=1S/C15H20F2O2S/c1-10-7-11(2)20-13(10)15(16,17)9-14(8-12(18)19)5-3-4-6-14/h7H,3-6,8-9H2,1-2H3,(H,18,19). The van der Waals surface area contributed by atoms with Crippen LogP contribution in [-0.2, 0) is 10.7 Å². The van der Waals surface area contributed by atoms with Gasteiger partial charge in [0, 0.05) is 11.3 Å². The second-order valence-electron chi connectivity index (χ2n) is 6.03. The zero-order chi connectivity index (χ0) is 15.0. The zero-order valence-electron chi connectivity index (χ0n) is 11.8. The predicted octanol–water partition coefficient (Wildman–Crippen LogP) is 4.88. The van der Waals surface area contributed by atoms with E-state index in [0.29, 0.717) is 18.4 Å². The van der Waals surface area contributed by atoms with Gasteiger partial charge in [0.15, 0.2) is 0 Å². The number of carbonyl (C=O) groups is 1. The third-order valence-corrected chi connectivity index (χ3v) is 5.43. The number of aryl methyl sites for hydroxylation is 2. The van der Waals surface area contributed by atoms with Crippen molar-refractivity contribution < 1.29 is 18.7 Å². The fourth-order valence-corrected chi connectivity index (χ4v) is 4.42. The molecule has 2 nitrogen and oxygen atoms in total. The number of hydrogen-bond acceptors (Lipinski definition) is 2. The molecule has 0 radical (unpaired) electrons. The SMILES string of the molecule is Cc1cc(C)c(C(F)(F)CC2(CC(=O)O)CCCC2)s1. The Bertz CT molecular complexity index is 502. The molecule has 0 spiro atoms. The second-order valence-corrected chi connectivity index (χ2v) is 7.28. The van der Waals surface area contributed by atoms with Crippen molar-refractivity contribution in [3.8, 4) is 0 Å². The normalized spacial score (nSPS) is 18.4. The molecule has 112 valence electrons. The van der Waals surface area contributed by atoms with Gasteiger partial charge in [-0.05, 0) is 43.7 Å². The Morgan fingerprint density at radius 3 is 2.45 bits per heavy atom.